The summed E-state index contributed by atoms with van der Waals surface area (Å²) in [5, 5.41) is 4.58. The maximum Gasteiger partial charge on any atom is 0.178 e. The van der Waals surface area contributed by atoms with Crippen LogP contribution in [0.3, 0.4) is 0 Å². The van der Waals surface area contributed by atoms with Crippen LogP contribution in [0.4, 0.5) is 0 Å². The monoisotopic (exact) mass is 808 g/mol. The van der Waals surface area contributed by atoms with Crippen molar-refractivity contribution < 1.29 is 18.9 Å². The van der Waals surface area contributed by atoms with E-state index in [2.05, 4.69) is 143 Å². The van der Waals surface area contributed by atoms with Crippen LogP contribution in [-0.2, 0) is 11.0 Å². The van der Waals surface area contributed by atoms with Crippen molar-refractivity contribution in [2.24, 2.45) is 10.8 Å². The fraction of sp³-hybridized carbons (Fsp3) is 0.273. The highest BCUT2D eigenvalue weighted by Crippen LogP contribution is 2.67. The molecule has 4 nitrogen and oxygen atoms in total. The molecule has 2 aliphatic carbocycles. The van der Waals surface area contributed by atoms with Gasteiger partial charge in [0.15, 0.2) is 5.60 Å². The second-order valence-corrected chi connectivity index (χ2v) is 19.5. The van der Waals surface area contributed by atoms with E-state index in [9.17, 15) is 0 Å². The predicted molar refractivity (Wildman–Crippen MR) is 249 cm³/mol. The van der Waals surface area contributed by atoms with Crippen molar-refractivity contribution in [1.29, 1.82) is 0 Å². The van der Waals surface area contributed by atoms with E-state index in [1.165, 1.54) is 43.5 Å². The van der Waals surface area contributed by atoms with E-state index in [-0.39, 0.29) is 16.2 Å². The summed E-state index contributed by atoms with van der Waals surface area (Å²) in [4.78, 5) is 1.29. The summed E-state index contributed by atoms with van der Waals surface area (Å²) < 4.78 is 25.6. The minimum absolute atomic E-state index is 0.100. The van der Waals surface area contributed by atoms with Gasteiger partial charge in [-0.25, -0.2) is 0 Å². The third kappa shape index (κ3) is 5.87. The maximum atomic E-state index is 7.90. The first-order chi connectivity index (χ1) is 28.9. The number of hydrogen-bond acceptors (Lipinski definition) is 5. The van der Waals surface area contributed by atoms with Crippen molar-refractivity contribution in [2.45, 2.75) is 62.9 Å². The van der Waals surface area contributed by atoms with Gasteiger partial charge in [0.25, 0.3) is 0 Å². The summed E-state index contributed by atoms with van der Waals surface area (Å²) in [5.74, 6) is 3.33. The molecule has 1 aliphatic heterocycles. The van der Waals surface area contributed by atoms with Crippen LogP contribution in [-0.4, -0.2) is 27.6 Å². The van der Waals surface area contributed by atoms with Gasteiger partial charge in [-0.3, -0.25) is 0 Å². The highest BCUT2D eigenvalue weighted by Gasteiger charge is 2.55. The van der Waals surface area contributed by atoms with Gasteiger partial charge in [0.05, 0.1) is 21.3 Å². The highest BCUT2D eigenvalue weighted by molar-refractivity contribution is 7.98. The van der Waals surface area contributed by atoms with Gasteiger partial charge in [-0.15, -0.1) is 11.8 Å². The van der Waals surface area contributed by atoms with Crippen molar-refractivity contribution in [1.82, 2.24) is 0 Å². The van der Waals surface area contributed by atoms with Gasteiger partial charge in [-0.1, -0.05) is 107 Å². The first-order valence-electron chi connectivity index (χ1n) is 21.0. The average molecular weight is 809 g/mol. The van der Waals surface area contributed by atoms with Crippen molar-refractivity contribution in [3.8, 4) is 45.3 Å². The third-order valence-corrected chi connectivity index (χ3v) is 14.2. The van der Waals surface area contributed by atoms with Crippen LogP contribution in [0.1, 0.15) is 74.8 Å². The molecule has 7 aromatic carbocycles. The van der Waals surface area contributed by atoms with E-state index in [0.717, 1.165) is 75.3 Å². The quantitative estimate of drug-likeness (QED) is 0.150. The standard InChI is InChI=1S/C55H52O4S/c1-52(2)31-53(3,4)33-54(32-52)47-28-39(60-8)24-25-42(47)49-45-30-48(58-7)44(41-15-11-13-34-12-9-10-14-40(34)41)29-46(45)51-43(50(49)54)26-27-55(59-51,35-16-20-37(56-5)21-17-35)36-18-22-38(57-6)23-19-36/h9-30H,31-33H2,1-8H3. The second kappa shape index (κ2) is 14.0. The molecule has 10 rings (SSSR count). The molecule has 0 bridgehead atoms. The lowest BCUT2D eigenvalue weighted by Gasteiger charge is -2.52. The number of rotatable bonds is 7. The Kier molecular flexibility index (Phi) is 8.97. The van der Waals surface area contributed by atoms with Crippen molar-refractivity contribution in [3.05, 3.63) is 155 Å². The number of ether oxygens (including phenoxy) is 4. The van der Waals surface area contributed by atoms with Gasteiger partial charge in [0.2, 0.25) is 0 Å². The van der Waals surface area contributed by atoms with Crippen molar-refractivity contribution in [3.63, 3.8) is 0 Å². The van der Waals surface area contributed by atoms with Crippen LogP contribution >= 0.6 is 11.8 Å². The third-order valence-electron chi connectivity index (χ3n) is 13.5. The molecular formula is C55H52O4S. The molecule has 0 radical (unpaired) electrons. The van der Waals surface area contributed by atoms with Gasteiger partial charge >= 0.3 is 0 Å². The van der Waals surface area contributed by atoms with E-state index in [0.29, 0.717) is 0 Å². The molecule has 1 fully saturated rings. The van der Waals surface area contributed by atoms with Gasteiger partial charge in [0, 0.05) is 38.0 Å². The van der Waals surface area contributed by atoms with E-state index in [4.69, 9.17) is 18.9 Å². The Labute approximate surface area is 358 Å². The fourth-order valence-electron chi connectivity index (χ4n) is 11.8. The number of thioether (sulfide) groups is 1. The minimum Gasteiger partial charge on any atom is -0.497 e. The summed E-state index contributed by atoms with van der Waals surface area (Å²) in [6, 6.07) is 43.6. The van der Waals surface area contributed by atoms with Gasteiger partial charge < -0.3 is 18.9 Å². The summed E-state index contributed by atoms with van der Waals surface area (Å²) in [7, 11) is 5.22. The molecular weight excluding hydrogens is 757 g/mol. The van der Waals surface area contributed by atoms with Crippen LogP contribution in [0.5, 0.6) is 23.0 Å². The largest absolute Gasteiger partial charge is 0.497 e. The lowest BCUT2D eigenvalue weighted by Crippen LogP contribution is -2.44. The summed E-state index contributed by atoms with van der Waals surface area (Å²) in [6.07, 6.45) is 10.1. The maximum absolute atomic E-state index is 7.90. The van der Waals surface area contributed by atoms with E-state index >= 15 is 0 Å². The molecule has 3 aliphatic rings. The Bertz CT molecular complexity index is 2800. The zero-order valence-electron chi connectivity index (χ0n) is 35.9. The molecule has 1 saturated carbocycles. The lowest BCUT2D eigenvalue weighted by molar-refractivity contribution is 0.0641. The Morgan fingerprint density at radius 3 is 1.87 bits per heavy atom. The molecule has 0 N–H and O–H groups in total. The van der Waals surface area contributed by atoms with Crippen LogP contribution in [0.15, 0.2) is 132 Å². The molecule has 60 heavy (non-hydrogen) atoms. The zero-order chi connectivity index (χ0) is 41.6. The number of benzene rings is 7. The SMILES string of the molecule is COc1ccc(C2(c3ccc(OC)cc3)C=Cc3c4c(c5cc(OC)c(-c6cccc7ccccc67)cc5c3O2)-c2ccc(SC)cc2C42CC(C)(C)CC(C)(C)C2)cc1. The number of hydrogen-bond donors (Lipinski definition) is 0. The predicted octanol–water partition coefficient (Wildman–Crippen LogP) is 14.3. The fourth-order valence-corrected chi connectivity index (χ4v) is 12.3. The van der Waals surface area contributed by atoms with Crippen LogP contribution in [0.25, 0.3) is 49.9 Å². The molecule has 0 atom stereocenters. The molecule has 302 valence electrons. The van der Waals surface area contributed by atoms with Crippen LogP contribution in [0.2, 0.25) is 0 Å². The molecule has 0 aromatic heterocycles. The minimum atomic E-state index is -0.956. The normalized spacial score (nSPS) is 17.5. The Balaban J connectivity index is 1.35. The van der Waals surface area contributed by atoms with Gasteiger partial charge in [0.1, 0.15) is 23.0 Å². The van der Waals surface area contributed by atoms with Crippen LogP contribution in [0, 0.1) is 10.8 Å². The molecule has 1 spiro atoms. The first-order valence-corrected chi connectivity index (χ1v) is 22.2. The Morgan fingerprint density at radius 2 is 1.23 bits per heavy atom. The molecule has 0 unspecified atom stereocenters. The molecule has 0 saturated heterocycles. The smallest absolute Gasteiger partial charge is 0.178 e. The average Bonchev–Trinajstić information content (AvgIpc) is 3.51. The molecule has 7 aromatic rings. The number of methoxy groups -OCH3 is 3. The number of fused-ring (bicyclic) bond motifs is 11. The highest BCUT2D eigenvalue weighted by atomic mass is 32.2. The van der Waals surface area contributed by atoms with E-state index in [1.54, 1.807) is 21.3 Å². The Hall–Kier alpha value is -5.65. The molecule has 5 heteroatoms. The summed E-state index contributed by atoms with van der Waals surface area (Å²) in [6.45, 7) is 9.90. The summed E-state index contributed by atoms with van der Waals surface area (Å²) >= 11 is 1.82. The topological polar surface area (TPSA) is 36.9 Å². The van der Waals surface area contributed by atoms with Crippen molar-refractivity contribution >= 4 is 39.4 Å². The second-order valence-electron chi connectivity index (χ2n) is 18.6. The van der Waals surface area contributed by atoms with E-state index < -0.39 is 5.60 Å². The molecule has 1 heterocycles. The lowest BCUT2D eigenvalue weighted by atomic mass is 9.52. The van der Waals surface area contributed by atoms with Crippen LogP contribution < -0.4 is 18.9 Å². The van der Waals surface area contributed by atoms with Crippen molar-refractivity contribution in [2.75, 3.05) is 27.6 Å². The first kappa shape index (κ1) is 38.5. The van der Waals surface area contributed by atoms with Gasteiger partial charge in [-0.05, 0) is 135 Å². The summed E-state index contributed by atoms with van der Waals surface area (Å²) in [5.41, 5.74) is 9.79. The van der Waals surface area contributed by atoms with Gasteiger partial charge in [-0.2, -0.15) is 0 Å². The zero-order valence-corrected chi connectivity index (χ0v) is 36.7. The molecule has 0 amide bonds. The Morgan fingerprint density at radius 1 is 0.583 bits per heavy atom. The van der Waals surface area contributed by atoms with E-state index in [1.807, 2.05) is 36.0 Å².